The first-order valence-electron chi connectivity index (χ1n) is 5.72. The van der Waals surface area contributed by atoms with E-state index in [1.54, 1.807) is 18.2 Å². The molecular formula is C14H13FN2O2. The number of esters is 1. The molecule has 1 aromatic carbocycles. The first kappa shape index (κ1) is 13.0. The third-order valence-corrected chi connectivity index (χ3v) is 2.54. The molecule has 0 aliphatic heterocycles. The quantitative estimate of drug-likeness (QED) is 0.858. The minimum Gasteiger partial charge on any atom is -0.464 e. The molecule has 1 N–H and O–H groups in total. The molecule has 4 nitrogen and oxygen atoms in total. The number of anilines is 1. The van der Waals surface area contributed by atoms with Crippen LogP contribution in [0.1, 0.15) is 16.1 Å². The van der Waals surface area contributed by atoms with E-state index in [4.69, 9.17) is 0 Å². The van der Waals surface area contributed by atoms with Gasteiger partial charge in [0.2, 0.25) is 0 Å². The summed E-state index contributed by atoms with van der Waals surface area (Å²) in [6.45, 7) is 0.461. The SMILES string of the molecule is COC(=O)c1cc(NCc2cccc(F)c2)ccn1. The maximum absolute atomic E-state index is 13.0. The largest absolute Gasteiger partial charge is 0.464 e. The average molecular weight is 260 g/mol. The van der Waals surface area contributed by atoms with E-state index in [-0.39, 0.29) is 11.5 Å². The lowest BCUT2D eigenvalue weighted by molar-refractivity contribution is 0.0594. The average Bonchev–Trinajstić information content (AvgIpc) is 2.45. The van der Waals surface area contributed by atoms with Crippen molar-refractivity contribution in [2.45, 2.75) is 6.54 Å². The summed E-state index contributed by atoms with van der Waals surface area (Å²) in [7, 11) is 1.30. The molecular weight excluding hydrogens is 247 g/mol. The van der Waals surface area contributed by atoms with E-state index in [2.05, 4.69) is 15.0 Å². The Bertz CT molecular complexity index is 587. The minimum absolute atomic E-state index is 0.228. The van der Waals surface area contributed by atoms with Crippen molar-refractivity contribution in [1.29, 1.82) is 0 Å². The minimum atomic E-state index is -0.491. The van der Waals surface area contributed by atoms with Gasteiger partial charge in [-0.15, -0.1) is 0 Å². The molecule has 2 rings (SSSR count). The maximum Gasteiger partial charge on any atom is 0.356 e. The summed E-state index contributed by atoms with van der Waals surface area (Å²) in [4.78, 5) is 15.2. The van der Waals surface area contributed by atoms with Gasteiger partial charge in [0.05, 0.1) is 7.11 Å². The number of rotatable bonds is 4. The van der Waals surface area contributed by atoms with E-state index >= 15 is 0 Å². The summed E-state index contributed by atoms with van der Waals surface area (Å²) in [5.41, 5.74) is 1.77. The molecule has 0 fully saturated rings. The summed E-state index contributed by atoms with van der Waals surface area (Å²) in [6, 6.07) is 9.63. The molecule has 0 saturated carbocycles. The van der Waals surface area contributed by atoms with Crippen molar-refractivity contribution in [3.05, 3.63) is 59.7 Å². The van der Waals surface area contributed by atoms with Crippen LogP contribution in [0.15, 0.2) is 42.6 Å². The Hall–Kier alpha value is -2.43. The van der Waals surface area contributed by atoms with Crippen LogP contribution < -0.4 is 5.32 Å². The number of methoxy groups -OCH3 is 1. The van der Waals surface area contributed by atoms with Crippen LogP contribution in [0, 0.1) is 5.82 Å². The van der Waals surface area contributed by atoms with Gasteiger partial charge in [-0.2, -0.15) is 0 Å². The second-order valence-electron chi connectivity index (χ2n) is 3.90. The predicted octanol–water partition coefficient (Wildman–Crippen LogP) is 2.62. The van der Waals surface area contributed by atoms with Crippen LogP contribution >= 0.6 is 0 Å². The van der Waals surface area contributed by atoms with Crippen LogP contribution in [0.5, 0.6) is 0 Å². The molecule has 2 aromatic rings. The lowest BCUT2D eigenvalue weighted by atomic mass is 10.2. The van der Waals surface area contributed by atoms with Gasteiger partial charge in [-0.05, 0) is 29.8 Å². The lowest BCUT2D eigenvalue weighted by Gasteiger charge is -2.07. The normalized spacial score (nSPS) is 10.0. The Balaban J connectivity index is 2.05. The van der Waals surface area contributed by atoms with Crippen molar-refractivity contribution in [2.75, 3.05) is 12.4 Å². The first-order chi connectivity index (χ1) is 9.19. The van der Waals surface area contributed by atoms with Gasteiger partial charge in [-0.3, -0.25) is 0 Å². The van der Waals surface area contributed by atoms with E-state index in [1.165, 1.54) is 25.4 Å². The fraction of sp³-hybridized carbons (Fsp3) is 0.143. The van der Waals surface area contributed by atoms with Gasteiger partial charge in [0, 0.05) is 18.4 Å². The molecule has 0 spiro atoms. The highest BCUT2D eigenvalue weighted by atomic mass is 19.1. The number of carbonyl (C=O) groups is 1. The molecule has 98 valence electrons. The Kier molecular flexibility index (Phi) is 4.07. The summed E-state index contributed by atoms with van der Waals surface area (Å²) in [6.07, 6.45) is 1.51. The van der Waals surface area contributed by atoms with Gasteiger partial charge in [-0.1, -0.05) is 12.1 Å². The van der Waals surface area contributed by atoms with Crippen molar-refractivity contribution < 1.29 is 13.9 Å². The Morgan fingerprint density at radius 2 is 2.21 bits per heavy atom. The molecule has 0 unspecified atom stereocenters. The molecule has 0 bridgehead atoms. The number of pyridine rings is 1. The van der Waals surface area contributed by atoms with Crippen LogP contribution in [0.25, 0.3) is 0 Å². The number of hydrogen-bond acceptors (Lipinski definition) is 4. The summed E-state index contributed by atoms with van der Waals surface area (Å²) < 4.78 is 17.6. The summed E-state index contributed by atoms with van der Waals surface area (Å²) in [5, 5.41) is 3.09. The highest BCUT2D eigenvalue weighted by molar-refractivity contribution is 5.88. The topological polar surface area (TPSA) is 51.2 Å². The van der Waals surface area contributed by atoms with Crippen molar-refractivity contribution >= 4 is 11.7 Å². The molecule has 0 saturated heterocycles. The number of ether oxygens (including phenoxy) is 1. The first-order valence-corrected chi connectivity index (χ1v) is 5.72. The Labute approximate surface area is 110 Å². The van der Waals surface area contributed by atoms with Crippen LogP contribution in [0.2, 0.25) is 0 Å². The molecule has 5 heteroatoms. The molecule has 19 heavy (non-hydrogen) atoms. The number of aromatic nitrogens is 1. The monoisotopic (exact) mass is 260 g/mol. The number of nitrogens with one attached hydrogen (secondary N) is 1. The second-order valence-corrected chi connectivity index (χ2v) is 3.90. The Morgan fingerprint density at radius 1 is 1.37 bits per heavy atom. The van der Waals surface area contributed by atoms with Gasteiger partial charge in [0.25, 0.3) is 0 Å². The number of hydrogen-bond donors (Lipinski definition) is 1. The zero-order valence-corrected chi connectivity index (χ0v) is 10.4. The molecule has 0 radical (unpaired) electrons. The number of halogens is 1. The van der Waals surface area contributed by atoms with E-state index < -0.39 is 5.97 Å². The maximum atomic E-state index is 13.0. The van der Waals surface area contributed by atoms with Gasteiger partial charge >= 0.3 is 5.97 Å². The van der Waals surface area contributed by atoms with Crippen molar-refractivity contribution in [2.24, 2.45) is 0 Å². The van der Waals surface area contributed by atoms with E-state index in [1.807, 2.05) is 6.07 Å². The molecule has 0 atom stereocenters. The van der Waals surface area contributed by atoms with E-state index in [9.17, 15) is 9.18 Å². The summed E-state index contributed by atoms with van der Waals surface area (Å²) >= 11 is 0. The number of benzene rings is 1. The molecule has 1 aromatic heterocycles. The van der Waals surface area contributed by atoms with Gasteiger partial charge in [0.15, 0.2) is 0 Å². The number of carbonyl (C=O) groups excluding carboxylic acids is 1. The van der Waals surface area contributed by atoms with Crippen molar-refractivity contribution in [3.8, 4) is 0 Å². The highest BCUT2D eigenvalue weighted by Gasteiger charge is 2.07. The number of nitrogens with zero attached hydrogens (tertiary/aromatic N) is 1. The molecule has 0 amide bonds. The van der Waals surface area contributed by atoms with E-state index in [0.717, 1.165) is 11.3 Å². The molecule has 1 heterocycles. The fourth-order valence-electron chi connectivity index (χ4n) is 1.61. The zero-order chi connectivity index (χ0) is 13.7. The standard InChI is InChI=1S/C14H13FN2O2/c1-19-14(18)13-8-12(5-6-16-13)17-9-10-3-2-4-11(15)7-10/h2-8H,9H2,1H3,(H,16,17). The van der Waals surface area contributed by atoms with Crippen LogP contribution in [-0.2, 0) is 11.3 Å². The third-order valence-electron chi connectivity index (χ3n) is 2.54. The van der Waals surface area contributed by atoms with E-state index in [0.29, 0.717) is 6.54 Å². The lowest BCUT2D eigenvalue weighted by Crippen LogP contribution is -2.06. The zero-order valence-electron chi connectivity index (χ0n) is 10.4. The highest BCUT2D eigenvalue weighted by Crippen LogP contribution is 2.11. The fourth-order valence-corrected chi connectivity index (χ4v) is 1.61. The second kappa shape index (κ2) is 5.95. The van der Waals surface area contributed by atoms with Crippen LogP contribution in [0.3, 0.4) is 0 Å². The van der Waals surface area contributed by atoms with Gasteiger partial charge in [0.1, 0.15) is 11.5 Å². The van der Waals surface area contributed by atoms with Gasteiger partial charge < -0.3 is 10.1 Å². The molecule has 0 aliphatic carbocycles. The molecule has 0 aliphatic rings. The van der Waals surface area contributed by atoms with Crippen LogP contribution in [0.4, 0.5) is 10.1 Å². The third kappa shape index (κ3) is 3.51. The van der Waals surface area contributed by atoms with Gasteiger partial charge in [-0.25, -0.2) is 14.2 Å². The van der Waals surface area contributed by atoms with Crippen LogP contribution in [-0.4, -0.2) is 18.1 Å². The smallest absolute Gasteiger partial charge is 0.356 e. The predicted molar refractivity (Wildman–Crippen MR) is 69.3 cm³/mol. The van der Waals surface area contributed by atoms with Crippen molar-refractivity contribution in [1.82, 2.24) is 4.98 Å². The summed E-state index contributed by atoms with van der Waals surface area (Å²) in [5.74, 6) is -0.765. The van der Waals surface area contributed by atoms with Crippen molar-refractivity contribution in [3.63, 3.8) is 0 Å². The Morgan fingerprint density at radius 3 is 2.95 bits per heavy atom.